The van der Waals surface area contributed by atoms with Gasteiger partial charge in [0.2, 0.25) is 5.95 Å². The van der Waals surface area contributed by atoms with Crippen LogP contribution in [0.2, 0.25) is 0 Å². The van der Waals surface area contributed by atoms with Gasteiger partial charge in [-0.3, -0.25) is 0 Å². The molecule has 2 fully saturated rings. The molecule has 2 atom stereocenters. The molecule has 2 bridgehead atoms. The zero-order valence-electron chi connectivity index (χ0n) is 10.5. The highest BCUT2D eigenvalue weighted by Gasteiger charge is 2.41. The number of hydrogen-bond donors (Lipinski definition) is 2. The Labute approximate surface area is 110 Å². The molecule has 4 rings (SSSR count). The van der Waals surface area contributed by atoms with Gasteiger partial charge in [0.15, 0.2) is 0 Å². The van der Waals surface area contributed by atoms with Crippen LogP contribution in [0.25, 0.3) is 11.0 Å². The van der Waals surface area contributed by atoms with Gasteiger partial charge in [-0.05, 0) is 43.9 Å². The van der Waals surface area contributed by atoms with Crippen LogP contribution in [-0.4, -0.2) is 33.3 Å². The van der Waals surface area contributed by atoms with Gasteiger partial charge in [0.05, 0.1) is 17.1 Å². The molecule has 0 aliphatic carbocycles. The van der Waals surface area contributed by atoms with E-state index in [9.17, 15) is 9.50 Å². The van der Waals surface area contributed by atoms with Gasteiger partial charge in [-0.2, -0.15) is 0 Å². The van der Waals surface area contributed by atoms with E-state index < -0.39 is 0 Å². The van der Waals surface area contributed by atoms with E-state index in [-0.39, 0.29) is 11.9 Å². The second-order valence-corrected chi connectivity index (χ2v) is 5.64. The highest BCUT2D eigenvalue weighted by atomic mass is 19.1. The lowest BCUT2D eigenvalue weighted by Crippen LogP contribution is -2.45. The van der Waals surface area contributed by atoms with Crippen molar-refractivity contribution in [2.24, 2.45) is 0 Å². The molecule has 4 nitrogen and oxygen atoms in total. The molecule has 2 saturated heterocycles. The number of halogens is 1. The van der Waals surface area contributed by atoms with Crippen LogP contribution in [0.4, 0.5) is 10.3 Å². The van der Waals surface area contributed by atoms with E-state index in [1.807, 2.05) is 0 Å². The monoisotopic (exact) mass is 261 g/mol. The molecule has 0 saturated carbocycles. The Bertz CT molecular complexity index is 612. The molecule has 2 aromatic rings. The summed E-state index contributed by atoms with van der Waals surface area (Å²) in [5.74, 6) is 0.569. The first-order valence-electron chi connectivity index (χ1n) is 6.82. The van der Waals surface area contributed by atoms with Gasteiger partial charge in [-0.1, -0.05) is 0 Å². The predicted molar refractivity (Wildman–Crippen MR) is 70.6 cm³/mol. The number of aliphatic hydroxyl groups is 1. The van der Waals surface area contributed by atoms with Crippen molar-refractivity contribution < 1.29 is 9.50 Å². The van der Waals surface area contributed by atoms with Crippen LogP contribution < -0.4 is 4.90 Å². The van der Waals surface area contributed by atoms with Crippen molar-refractivity contribution >= 4 is 17.0 Å². The smallest absolute Gasteiger partial charge is 0.204 e. The molecule has 5 heteroatoms. The van der Waals surface area contributed by atoms with Gasteiger partial charge in [0, 0.05) is 12.1 Å². The maximum atomic E-state index is 13.2. The maximum Gasteiger partial charge on any atom is 0.204 e. The van der Waals surface area contributed by atoms with Crippen LogP contribution in [0.15, 0.2) is 18.2 Å². The highest BCUT2D eigenvalue weighted by molar-refractivity contribution is 5.77. The molecule has 2 aliphatic heterocycles. The summed E-state index contributed by atoms with van der Waals surface area (Å²) < 4.78 is 13.2. The first-order valence-corrected chi connectivity index (χ1v) is 6.82. The number of H-pyrrole nitrogens is 1. The number of aromatic nitrogens is 2. The predicted octanol–water partition coefficient (Wildman–Crippen LogP) is 2.19. The number of imidazole rings is 1. The minimum Gasteiger partial charge on any atom is -0.393 e. The summed E-state index contributed by atoms with van der Waals surface area (Å²) >= 11 is 0. The lowest BCUT2D eigenvalue weighted by molar-refractivity contribution is 0.126. The van der Waals surface area contributed by atoms with Crippen molar-refractivity contribution in [1.82, 2.24) is 9.97 Å². The van der Waals surface area contributed by atoms with Gasteiger partial charge in [-0.25, -0.2) is 9.37 Å². The molecule has 1 aromatic carbocycles. The van der Waals surface area contributed by atoms with E-state index in [0.717, 1.165) is 42.7 Å². The Kier molecular flexibility index (Phi) is 2.33. The number of nitrogens with zero attached hydrogens (tertiary/aromatic N) is 2. The molecule has 19 heavy (non-hydrogen) atoms. The molecular weight excluding hydrogens is 245 g/mol. The van der Waals surface area contributed by atoms with Crippen molar-refractivity contribution in [2.75, 3.05) is 4.90 Å². The van der Waals surface area contributed by atoms with Gasteiger partial charge < -0.3 is 15.0 Å². The van der Waals surface area contributed by atoms with Crippen LogP contribution in [0.5, 0.6) is 0 Å². The zero-order valence-corrected chi connectivity index (χ0v) is 10.5. The summed E-state index contributed by atoms with van der Waals surface area (Å²) in [6, 6.07) is 5.33. The number of benzene rings is 1. The van der Waals surface area contributed by atoms with Gasteiger partial charge >= 0.3 is 0 Å². The van der Waals surface area contributed by atoms with E-state index >= 15 is 0 Å². The van der Waals surface area contributed by atoms with Crippen LogP contribution in [-0.2, 0) is 0 Å². The Balaban J connectivity index is 1.74. The summed E-state index contributed by atoms with van der Waals surface area (Å²) in [5.41, 5.74) is 1.53. The topological polar surface area (TPSA) is 52.1 Å². The Morgan fingerprint density at radius 2 is 2.00 bits per heavy atom. The number of fused-ring (bicyclic) bond motifs is 3. The maximum absolute atomic E-state index is 13.2. The molecular formula is C14H16FN3O. The second kappa shape index (κ2) is 3.93. The standard InChI is InChI=1S/C14H16FN3O/c15-8-1-4-12-13(5-8)17-14(16-12)18-9-2-3-10(18)7-11(19)6-9/h1,4-5,9-11,19H,2-3,6-7H2,(H,16,17). The Morgan fingerprint density at radius 1 is 1.26 bits per heavy atom. The third kappa shape index (κ3) is 1.72. The van der Waals surface area contributed by atoms with Crippen molar-refractivity contribution in [3.8, 4) is 0 Å². The molecule has 0 radical (unpaired) electrons. The fourth-order valence-electron chi connectivity index (χ4n) is 3.58. The lowest BCUT2D eigenvalue weighted by atomic mass is 10.0. The lowest BCUT2D eigenvalue weighted by Gasteiger charge is -2.36. The zero-order chi connectivity index (χ0) is 13.0. The number of aromatic amines is 1. The van der Waals surface area contributed by atoms with Crippen LogP contribution in [0, 0.1) is 5.82 Å². The molecule has 2 unspecified atom stereocenters. The third-order valence-corrected chi connectivity index (χ3v) is 4.38. The van der Waals surface area contributed by atoms with E-state index in [1.165, 1.54) is 12.1 Å². The fourth-order valence-corrected chi connectivity index (χ4v) is 3.58. The molecule has 1 aromatic heterocycles. The quantitative estimate of drug-likeness (QED) is 0.827. The van der Waals surface area contributed by atoms with Crippen molar-refractivity contribution in [3.05, 3.63) is 24.0 Å². The van der Waals surface area contributed by atoms with Crippen LogP contribution >= 0.6 is 0 Å². The molecule has 0 amide bonds. The number of anilines is 1. The number of rotatable bonds is 1. The number of aliphatic hydroxyl groups excluding tert-OH is 1. The van der Waals surface area contributed by atoms with Crippen LogP contribution in [0.1, 0.15) is 25.7 Å². The molecule has 2 aliphatic rings. The van der Waals surface area contributed by atoms with Gasteiger partial charge in [-0.15, -0.1) is 0 Å². The first kappa shape index (κ1) is 11.2. The summed E-state index contributed by atoms with van der Waals surface area (Å²) in [4.78, 5) is 10.1. The first-order chi connectivity index (χ1) is 9.20. The number of piperidine rings is 1. The summed E-state index contributed by atoms with van der Waals surface area (Å²) in [5, 5.41) is 9.82. The van der Waals surface area contributed by atoms with E-state index in [4.69, 9.17) is 0 Å². The van der Waals surface area contributed by atoms with E-state index in [1.54, 1.807) is 6.07 Å². The minimum atomic E-state index is -0.250. The van der Waals surface area contributed by atoms with Crippen molar-refractivity contribution in [2.45, 2.75) is 43.9 Å². The van der Waals surface area contributed by atoms with Gasteiger partial charge in [0.25, 0.3) is 0 Å². The Hall–Kier alpha value is -1.62. The Morgan fingerprint density at radius 3 is 2.74 bits per heavy atom. The highest BCUT2D eigenvalue weighted by Crippen LogP contribution is 2.38. The largest absolute Gasteiger partial charge is 0.393 e. The average Bonchev–Trinajstić information content (AvgIpc) is 2.88. The number of nitrogens with one attached hydrogen (secondary N) is 1. The SMILES string of the molecule is OC1CC2CCC(C1)N2c1nc2ccc(F)cc2[nH]1. The summed E-state index contributed by atoms with van der Waals surface area (Å²) in [7, 11) is 0. The van der Waals surface area contributed by atoms with E-state index in [2.05, 4.69) is 14.9 Å². The summed E-state index contributed by atoms with van der Waals surface area (Å²) in [6.45, 7) is 0. The van der Waals surface area contributed by atoms with Crippen molar-refractivity contribution in [1.29, 1.82) is 0 Å². The average molecular weight is 261 g/mol. The summed E-state index contributed by atoms with van der Waals surface area (Å²) in [6.07, 6.45) is 3.64. The normalized spacial score (nSPS) is 30.2. The van der Waals surface area contributed by atoms with Crippen molar-refractivity contribution in [3.63, 3.8) is 0 Å². The molecule has 3 heterocycles. The van der Waals surface area contributed by atoms with Crippen LogP contribution in [0.3, 0.4) is 0 Å². The third-order valence-electron chi connectivity index (χ3n) is 4.38. The molecule has 100 valence electrons. The van der Waals surface area contributed by atoms with Gasteiger partial charge in [0.1, 0.15) is 5.82 Å². The molecule has 0 spiro atoms. The molecule has 2 N–H and O–H groups in total. The minimum absolute atomic E-state index is 0.185. The van der Waals surface area contributed by atoms with E-state index in [0.29, 0.717) is 12.1 Å². The number of hydrogen-bond acceptors (Lipinski definition) is 3. The second-order valence-electron chi connectivity index (χ2n) is 5.64. The fraction of sp³-hybridized carbons (Fsp3) is 0.500.